The van der Waals surface area contributed by atoms with Gasteiger partial charge in [0.05, 0.1) is 6.54 Å². The number of amides is 2. The summed E-state index contributed by atoms with van der Waals surface area (Å²) in [6.07, 6.45) is 1.80. The molecule has 2 rings (SSSR count). The molecule has 1 saturated heterocycles. The highest BCUT2D eigenvalue weighted by atomic mass is 16.2. The minimum Gasteiger partial charge on any atom is -0.342 e. The van der Waals surface area contributed by atoms with Crippen molar-refractivity contribution in [1.82, 2.24) is 25.0 Å². The van der Waals surface area contributed by atoms with Crippen LogP contribution in [0.2, 0.25) is 0 Å². The molecule has 1 aromatic heterocycles. The first-order chi connectivity index (χ1) is 9.31. The van der Waals surface area contributed by atoms with E-state index >= 15 is 0 Å². The molecule has 0 aliphatic carbocycles. The lowest BCUT2D eigenvalue weighted by molar-refractivity contribution is -0.138. The minimum absolute atomic E-state index is 0.0957. The molecule has 2 heterocycles. The van der Waals surface area contributed by atoms with Crippen molar-refractivity contribution in [3.8, 4) is 0 Å². The van der Waals surface area contributed by atoms with Gasteiger partial charge in [-0.2, -0.15) is 5.10 Å². The van der Waals surface area contributed by atoms with E-state index in [2.05, 4.69) is 15.4 Å². The van der Waals surface area contributed by atoms with Gasteiger partial charge in [-0.3, -0.25) is 9.59 Å². The first-order valence-electron chi connectivity index (χ1n) is 6.80. The number of nitrogens with one attached hydrogen (secondary N) is 1. The molecule has 7 nitrogen and oxygen atoms in total. The minimum atomic E-state index is -0.879. The van der Waals surface area contributed by atoms with E-state index in [1.54, 1.807) is 23.4 Å². The van der Waals surface area contributed by atoms with E-state index in [-0.39, 0.29) is 17.9 Å². The van der Waals surface area contributed by atoms with Crippen LogP contribution in [0.15, 0.2) is 6.33 Å². The molecular formula is C13H21N5O2. The summed E-state index contributed by atoms with van der Waals surface area (Å²) in [5.74, 6) is 0.538. The second kappa shape index (κ2) is 5.22. The Morgan fingerprint density at radius 2 is 2.10 bits per heavy atom. The van der Waals surface area contributed by atoms with Crippen LogP contribution < -0.4 is 5.32 Å². The number of aromatic nitrogens is 3. The summed E-state index contributed by atoms with van der Waals surface area (Å²) in [4.78, 5) is 30.0. The van der Waals surface area contributed by atoms with Crippen molar-refractivity contribution in [1.29, 1.82) is 0 Å². The molecular weight excluding hydrogens is 258 g/mol. The Hall–Kier alpha value is -1.92. The lowest BCUT2D eigenvalue weighted by atomic mass is 10.0. The van der Waals surface area contributed by atoms with Crippen LogP contribution in [0.25, 0.3) is 0 Å². The van der Waals surface area contributed by atoms with Gasteiger partial charge in [0.15, 0.2) is 0 Å². The number of carbonyl (C=O) groups is 2. The van der Waals surface area contributed by atoms with Crippen LogP contribution in [0.3, 0.4) is 0 Å². The van der Waals surface area contributed by atoms with E-state index in [0.717, 1.165) is 5.82 Å². The summed E-state index contributed by atoms with van der Waals surface area (Å²) in [7, 11) is 0. The molecule has 1 aliphatic rings. The summed E-state index contributed by atoms with van der Waals surface area (Å²) in [5, 5.41) is 6.91. The zero-order chi connectivity index (χ0) is 14.9. The maximum atomic E-state index is 12.5. The fourth-order valence-electron chi connectivity index (χ4n) is 2.34. The Morgan fingerprint density at radius 3 is 2.75 bits per heavy atom. The van der Waals surface area contributed by atoms with Crippen molar-refractivity contribution in [3.05, 3.63) is 12.2 Å². The smallest absolute Gasteiger partial charge is 0.248 e. The molecule has 1 aromatic rings. The molecule has 0 aromatic carbocycles. The monoisotopic (exact) mass is 279 g/mol. The molecule has 0 atom stereocenters. The average Bonchev–Trinajstić information content (AvgIpc) is 2.77. The van der Waals surface area contributed by atoms with Gasteiger partial charge in [0, 0.05) is 19.0 Å². The molecule has 0 spiro atoms. The van der Waals surface area contributed by atoms with Crippen molar-refractivity contribution >= 4 is 11.8 Å². The van der Waals surface area contributed by atoms with Crippen LogP contribution in [-0.4, -0.2) is 43.6 Å². The van der Waals surface area contributed by atoms with Crippen molar-refractivity contribution in [2.24, 2.45) is 0 Å². The van der Waals surface area contributed by atoms with Gasteiger partial charge in [-0.05, 0) is 27.7 Å². The number of hydrogen-bond acceptors (Lipinski definition) is 4. The van der Waals surface area contributed by atoms with Crippen LogP contribution in [0, 0.1) is 0 Å². The number of nitrogens with zero attached hydrogens (tertiary/aromatic N) is 4. The van der Waals surface area contributed by atoms with Gasteiger partial charge in [-0.15, -0.1) is 0 Å². The van der Waals surface area contributed by atoms with E-state index in [1.807, 2.05) is 13.8 Å². The van der Waals surface area contributed by atoms with Gasteiger partial charge in [-0.25, -0.2) is 9.67 Å². The summed E-state index contributed by atoms with van der Waals surface area (Å²) in [6, 6.07) is 0.183. The summed E-state index contributed by atoms with van der Waals surface area (Å²) < 4.78 is 1.79. The third kappa shape index (κ3) is 2.81. The summed E-state index contributed by atoms with van der Waals surface area (Å²) >= 11 is 0. The Balaban J connectivity index is 2.21. The van der Waals surface area contributed by atoms with Crippen molar-refractivity contribution < 1.29 is 9.59 Å². The second-order valence-electron chi connectivity index (χ2n) is 5.86. The molecule has 2 amide bonds. The fraction of sp³-hybridized carbons (Fsp3) is 0.692. The molecule has 20 heavy (non-hydrogen) atoms. The van der Waals surface area contributed by atoms with Gasteiger partial charge in [-0.1, -0.05) is 0 Å². The molecule has 0 radical (unpaired) electrons. The lowest BCUT2D eigenvalue weighted by Gasteiger charge is -2.28. The third-order valence-corrected chi connectivity index (χ3v) is 3.35. The van der Waals surface area contributed by atoms with Crippen LogP contribution in [0.4, 0.5) is 0 Å². The number of rotatable bonds is 3. The van der Waals surface area contributed by atoms with Crippen LogP contribution >= 0.6 is 0 Å². The van der Waals surface area contributed by atoms with E-state index in [1.165, 1.54) is 6.33 Å². The van der Waals surface area contributed by atoms with Crippen molar-refractivity contribution in [3.63, 3.8) is 0 Å². The summed E-state index contributed by atoms with van der Waals surface area (Å²) in [5.41, 5.74) is -0.879. The van der Waals surface area contributed by atoms with E-state index < -0.39 is 5.54 Å². The highest BCUT2D eigenvalue weighted by Crippen LogP contribution is 2.16. The normalized spacial score (nSPS) is 19.1. The Bertz CT molecular complexity index is 521. The van der Waals surface area contributed by atoms with Gasteiger partial charge >= 0.3 is 0 Å². The number of hydrogen-bond donors (Lipinski definition) is 1. The molecule has 0 unspecified atom stereocenters. The molecule has 7 heteroatoms. The maximum absolute atomic E-state index is 12.5. The van der Waals surface area contributed by atoms with Gasteiger partial charge < -0.3 is 10.2 Å². The molecule has 110 valence electrons. The predicted molar refractivity (Wildman–Crippen MR) is 72.7 cm³/mol. The first kappa shape index (κ1) is 14.5. The Kier molecular flexibility index (Phi) is 3.78. The predicted octanol–water partition coefficient (Wildman–Crippen LogP) is 0.486. The van der Waals surface area contributed by atoms with Crippen molar-refractivity contribution in [2.45, 2.75) is 52.2 Å². The standard InChI is InChI=1S/C13H21N5O2/c1-9(2)18-10(14-8-15-18)7-17-6-5-11(19)16-13(3,4)12(17)20/h8-9H,5-7H2,1-4H3,(H,16,19). The third-order valence-electron chi connectivity index (χ3n) is 3.35. The van der Waals surface area contributed by atoms with Gasteiger partial charge in [0.25, 0.3) is 0 Å². The maximum Gasteiger partial charge on any atom is 0.248 e. The molecule has 1 aliphatic heterocycles. The van der Waals surface area contributed by atoms with Crippen molar-refractivity contribution in [2.75, 3.05) is 6.54 Å². The highest BCUT2D eigenvalue weighted by Gasteiger charge is 2.36. The Morgan fingerprint density at radius 1 is 1.40 bits per heavy atom. The highest BCUT2D eigenvalue weighted by molar-refractivity contribution is 5.92. The quantitative estimate of drug-likeness (QED) is 0.873. The second-order valence-corrected chi connectivity index (χ2v) is 5.86. The fourth-order valence-corrected chi connectivity index (χ4v) is 2.34. The zero-order valence-corrected chi connectivity index (χ0v) is 12.4. The van der Waals surface area contributed by atoms with Gasteiger partial charge in [0.2, 0.25) is 11.8 Å². The van der Waals surface area contributed by atoms with E-state index in [4.69, 9.17) is 0 Å². The van der Waals surface area contributed by atoms with Crippen LogP contribution in [-0.2, 0) is 16.1 Å². The number of carbonyl (C=O) groups excluding carboxylic acids is 2. The Labute approximate surface area is 118 Å². The SMILES string of the molecule is CC(C)n1ncnc1CN1CCC(=O)NC(C)(C)C1=O. The van der Waals surface area contributed by atoms with Crippen LogP contribution in [0.5, 0.6) is 0 Å². The largest absolute Gasteiger partial charge is 0.342 e. The molecule has 0 bridgehead atoms. The topological polar surface area (TPSA) is 80.1 Å². The van der Waals surface area contributed by atoms with Gasteiger partial charge in [0.1, 0.15) is 17.7 Å². The lowest BCUT2D eigenvalue weighted by Crippen LogP contribution is -2.52. The van der Waals surface area contributed by atoms with E-state index in [9.17, 15) is 9.59 Å². The van der Waals surface area contributed by atoms with Crippen LogP contribution in [0.1, 0.15) is 46.0 Å². The molecule has 1 N–H and O–H groups in total. The summed E-state index contributed by atoms with van der Waals surface area (Å²) in [6.45, 7) is 8.24. The zero-order valence-electron chi connectivity index (χ0n) is 12.4. The molecule has 0 saturated carbocycles. The average molecular weight is 279 g/mol. The molecule has 1 fully saturated rings. The van der Waals surface area contributed by atoms with E-state index in [0.29, 0.717) is 19.5 Å². The first-order valence-corrected chi connectivity index (χ1v) is 6.80.